The van der Waals surface area contributed by atoms with Crippen LogP contribution in [0.1, 0.15) is 41.6 Å². The molecule has 154 valence electrons. The van der Waals surface area contributed by atoms with Crippen LogP contribution in [0, 0.1) is 5.92 Å². The summed E-state index contributed by atoms with van der Waals surface area (Å²) in [5.74, 6) is 0.671. The number of likely N-dealkylation sites (tertiary alicyclic amines) is 1. The van der Waals surface area contributed by atoms with Gasteiger partial charge in [0, 0.05) is 38.9 Å². The van der Waals surface area contributed by atoms with Gasteiger partial charge in [0.1, 0.15) is 0 Å². The zero-order valence-corrected chi connectivity index (χ0v) is 17.1. The number of carbonyl (C=O) groups is 1. The lowest BCUT2D eigenvalue weighted by Crippen LogP contribution is -2.44. The summed E-state index contributed by atoms with van der Waals surface area (Å²) in [5.41, 5.74) is 1.78. The second-order valence-corrected chi connectivity index (χ2v) is 7.95. The number of hydrogen-bond acceptors (Lipinski definition) is 4. The van der Waals surface area contributed by atoms with E-state index in [0.717, 1.165) is 76.2 Å². The van der Waals surface area contributed by atoms with Crippen molar-refractivity contribution < 1.29 is 14.3 Å². The highest BCUT2D eigenvalue weighted by Crippen LogP contribution is 2.22. The predicted octanol–water partition coefficient (Wildman–Crippen LogP) is 3.31. The summed E-state index contributed by atoms with van der Waals surface area (Å²) in [4.78, 5) is 17.7. The van der Waals surface area contributed by atoms with E-state index in [2.05, 4.69) is 11.5 Å². The maximum absolute atomic E-state index is 13.2. The molecule has 1 amide bonds. The standard InChI is InChI=1S/C23H34N2O3/c1-3-19-6-8-21(9-7-19)23(26)25(18-22-5-4-15-28-22)17-20-10-12-24(13-11-20)14-16-27-2/h3,6-9,20,22H,1,4-5,10-18H2,2H3. The van der Waals surface area contributed by atoms with Crippen molar-refractivity contribution in [2.75, 3.05) is 53.0 Å². The lowest BCUT2D eigenvalue weighted by Gasteiger charge is -2.35. The Balaban J connectivity index is 1.61. The Kier molecular flexibility index (Phi) is 8.07. The fourth-order valence-corrected chi connectivity index (χ4v) is 4.14. The van der Waals surface area contributed by atoms with Crippen LogP contribution in [0.25, 0.3) is 6.08 Å². The van der Waals surface area contributed by atoms with Crippen molar-refractivity contribution >= 4 is 12.0 Å². The van der Waals surface area contributed by atoms with Gasteiger partial charge in [0.25, 0.3) is 5.91 Å². The fraction of sp³-hybridized carbons (Fsp3) is 0.609. The van der Waals surface area contributed by atoms with Gasteiger partial charge >= 0.3 is 0 Å². The van der Waals surface area contributed by atoms with Crippen LogP contribution in [0.4, 0.5) is 0 Å². The number of amides is 1. The largest absolute Gasteiger partial charge is 0.383 e. The summed E-state index contributed by atoms with van der Waals surface area (Å²) in [6.45, 7) is 10.1. The van der Waals surface area contributed by atoms with Gasteiger partial charge in [-0.1, -0.05) is 24.8 Å². The molecule has 1 aromatic rings. The van der Waals surface area contributed by atoms with Gasteiger partial charge in [-0.2, -0.15) is 0 Å². The van der Waals surface area contributed by atoms with Gasteiger partial charge < -0.3 is 19.3 Å². The predicted molar refractivity (Wildman–Crippen MR) is 112 cm³/mol. The van der Waals surface area contributed by atoms with Gasteiger partial charge in [-0.25, -0.2) is 0 Å². The zero-order valence-electron chi connectivity index (χ0n) is 17.1. The molecule has 2 heterocycles. The van der Waals surface area contributed by atoms with E-state index in [1.165, 1.54) is 0 Å². The first kappa shape index (κ1) is 21.0. The Morgan fingerprint density at radius 3 is 2.61 bits per heavy atom. The molecule has 0 N–H and O–H groups in total. The molecule has 1 aromatic carbocycles. The molecule has 5 heteroatoms. The van der Waals surface area contributed by atoms with E-state index in [-0.39, 0.29) is 12.0 Å². The number of carbonyl (C=O) groups excluding carboxylic acids is 1. The van der Waals surface area contributed by atoms with Crippen LogP contribution in [-0.2, 0) is 9.47 Å². The van der Waals surface area contributed by atoms with Crippen molar-refractivity contribution in [2.45, 2.75) is 31.8 Å². The van der Waals surface area contributed by atoms with Crippen molar-refractivity contribution in [1.29, 1.82) is 0 Å². The highest BCUT2D eigenvalue weighted by atomic mass is 16.5. The van der Waals surface area contributed by atoms with E-state index in [1.807, 2.05) is 29.2 Å². The lowest BCUT2D eigenvalue weighted by molar-refractivity contribution is 0.0437. The topological polar surface area (TPSA) is 42.0 Å². The van der Waals surface area contributed by atoms with Crippen molar-refractivity contribution in [3.63, 3.8) is 0 Å². The van der Waals surface area contributed by atoms with Gasteiger partial charge in [-0.05, 0) is 62.4 Å². The van der Waals surface area contributed by atoms with Crippen molar-refractivity contribution in [3.05, 3.63) is 42.0 Å². The van der Waals surface area contributed by atoms with Crippen LogP contribution in [0.15, 0.2) is 30.8 Å². The molecule has 0 aromatic heterocycles. The Hall–Kier alpha value is -1.69. The van der Waals surface area contributed by atoms with Crippen LogP contribution < -0.4 is 0 Å². The van der Waals surface area contributed by atoms with Crippen LogP contribution >= 0.6 is 0 Å². The molecule has 1 atom stereocenters. The van der Waals surface area contributed by atoms with Gasteiger partial charge in [0.15, 0.2) is 0 Å². The molecule has 0 spiro atoms. The van der Waals surface area contributed by atoms with Crippen molar-refractivity contribution in [3.8, 4) is 0 Å². The Labute approximate surface area is 169 Å². The smallest absolute Gasteiger partial charge is 0.253 e. The van der Waals surface area contributed by atoms with Crippen LogP contribution in [0.3, 0.4) is 0 Å². The number of rotatable bonds is 9. The summed E-state index contributed by atoms with van der Waals surface area (Å²) in [7, 11) is 1.75. The van der Waals surface area contributed by atoms with Gasteiger partial charge in [-0.3, -0.25) is 4.79 Å². The minimum Gasteiger partial charge on any atom is -0.383 e. The van der Waals surface area contributed by atoms with Gasteiger partial charge in [0.2, 0.25) is 0 Å². The second-order valence-electron chi connectivity index (χ2n) is 7.95. The Bertz CT molecular complexity index is 617. The minimum atomic E-state index is 0.118. The molecule has 2 aliphatic heterocycles. The Morgan fingerprint density at radius 2 is 2.00 bits per heavy atom. The second kappa shape index (κ2) is 10.7. The Morgan fingerprint density at radius 1 is 1.25 bits per heavy atom. The molecule has 2 aliphatic rings. The molecule has 2 saturated heterocycles. The number of hydrogen-bond donors (Lipinski definition) is 0. The number of piperidine rings is 1. The third-order valence-electron chi connectivity index (χ3n) is 5.93. The van der Waals surface area contributed by atoms with E-state index in [1.54, 1.807) is 13.2 Å². The van der Waals surface area contributed by atoms with Crippen LogP contribution in [-0.4, -0.2) is 74.9 Å². The summed E-state index contributed by atoms with van der Waals surface area (Å²) < 4.78 is 11.0. The first-order valence-electron chi connectivity index (χ1n) is 10.5. The molecule has 0 radical (unpaired) electrons. The molecule has 0 aliphatic carbocycles. The summed E-state index contributed by atoms with van der Waals surface area (Å²) in [6, 6.07) is 7.74. The monoisotopic (exact) mass is 386 g/mol. The maximum Gasteiger partial charge on any atom is 0.253 e. The van der Waals surface area contributed by atoms with E-state index in [0.29, 0.717) is 12.5 Å². The SMILES string of the molecule is C=Cc1ccc(C(=O)N(CC2CCN(CCOC)CC2)CC2CCCO2)cc1. The third kappa shape index (κ3) is 5.90. The summed E-state index contributed by atoms with van der Waals surface area (Å²) in [5, 5.41) is 0. The van der Waals surface area contributed by atoms with Gasteiger partial charge in [-0.15, -0.1) is 0 Å². The first-order chi connectivity index (χ1) is 13.7. The zero-order chi connectivity index (χ0) is 19.8. The van der Waals surface area contributed by atoms with E-state index in [9.17, 15) is 4.79 Å². The minimum absolute atomic E-state index is 0.118. The number of benzene rings is 1. The molecule has 0 bridgehead atoms. The highest BCUT2D eigenvalue weighted by Gasteiger charge is 2.27. The number of ether oxygens (including phenoxy) is 2. The van der Waals surface area contributed by atoms with E-state index in [4.69, 9.17) is 9.47 Å². The van der Waals surface area contributed by atoms with E-state index < -0.39 is 0 Å². The van der Waals surface area contributed by atoms with E-state index >= 15 is 0 Å². The molecule has 2 fully saturated rings. The molecule has 28 heavy (non-hydrogen) atoms. The number of nitrogens with zero attached hydrogens (tertiary/aromatic N) is 2. The number of methoxy groups -OCH3 is 1. The molecule has 3 rings (SSSR count). The van der Waals surface area contributed by atoms with Crippen LogP contribution in [0.2, 0.25) is 0 Å². The van der Waals surface area contributed by atoms with Crippen LogP contribution in [0.5, 0.6) is 0 Å². The molecular weight excluding hydrogens is 352 g/mol. The average molecular weight is 387 g/mol. The lowest BCUT2D eigenvalue weighted by atomic mass is 9.95. The highest BCUT2D eigenvalue weighted by molar-refractivity contribution is 5.94. The first-order valence-corrected chi connectivity index (χ1v) is 10.5. The van der Waals surface area contributed by atoms with Gasteiger partial charge in [0.05, 0.1) is 12.7 Å². The van der Waals surface area contributed by atoms with Crippen molar-refractivity contribution in [2.24, 2.45) is 5.92 Å². The normalized spacial score (nSPS) is 21.0. The molecular formula is C23H34N2O3. The summed E-state index contributed by atoms with van der Waals surface area (Å²) in [6.07, 6.45) is 6.39. The molecule has 5 nitrogen and oxygen atoms in total. The molecule has 1 unspecified atom stereocenters. The fourth-order valence-electron chi connectivity index (χ4n) is 4.14. The third-order valence-corrected chi connectivity index (χ3v) is 5.93. The van der Waals surface area contributed by atoms with Crippen molar-refractivity contribution in [1.82, 2.24) is 9.80 Å². The maximum atomic E-state index is 13.2. The molecule has 0 saturated carbocycles. The quantitative estimate of drug-likeness (QED) is 0.653. The summed E-state index contributed by atoms with van der Waals surface area (Å²) >= 11 is 0. The average Bonchev–Trinajstić information content (AvgIpc) is 3.25.